The van der Waals surface area contributed by atoms with E-state index in [9.17, 15) is 8.42 Å². The van der Waals surface area contributed by atoms with E-state index < -0.39 is 9.84 Å². The lowest BCUT2D eigenvalue weighted by molar-refractivity contribution is 0.0407. The predicted octanol–water partition coefficient (Wildman–Crippen LogP) is 1.55. The van der Waals surface area contributed by atoms with Crippen LogP contribution in [0.3, 0.4) is 0 Å². The zero-order chi connectivity index (χ0) is 13.9. The Morgan fingerprint density at radius 3 is 2.42 bits per heavy atom. The van der Waals surface area contributed by atoms with Crippen molar-refractivity contribution in [3.05, 3.63) is 0 Å². The molecule has 0 radical (unpaired) electrons. The van der Waals surface area contributed by atoms with Gasteiger partial charge < -0.3 is 5.73 Å². The molecule has 2 N–H and O–H groups in total. The second kappa shape index (κ2) is 6.10. The van der Waals surface area contributed by atoms with Crippen LogP contribution in [-0.2, 0) is 9.84 Å². The summed E-state index contributed by atoms with van der Waals surface area (Å²) >= 11 is 0. The lowest BCUT2D eigenvalue weighted by Gasteiger charge is -2.49. The molecule has 1 aliphatic heterocycles. The monoisotopic (exact) mass is 288 g/mol. The third kappa shape index (κ3) is 3.31. The molecule has 19 heavy (non-hydrogen) atoms. The van der Waals surface area contributed by atoms with Crippen LogP contribution in [0.15, 0.2) is 0 Å². The molecular weight excluding hydrogens is 260 g/mol. The number of hydrogen-bond acceptors (Lipinski definition) is 4. The average Bonchev–Trinajstić information content (AvgIpc) is 2.39. The van der Waals surface area contributed by atoms with Gasteiger partial charge in [0.15, 0.2) is 9.84 Å². The van der Waals surface area contributed by atoms with Gasteiger partial charge in [0, 0.05) is 18.1 Å². The van der Waals surface area contributed by atoms with Gasteiger partial charge in [0.1, 0.15) is 0 Å². The van der Waals surface area contributed by atoms with Gasteiger partial charge >= 0.3 is 0 Å². The van der Waals surface area contributed by atoms with Gasteiger partial charge in [-0.2, -0.15) is 0 Å². The van der Waals surface area contributed by atoms with E-state index in [2.05, 4.69) is 11.8 Å². The Morgan fingerprint density at radius 2 is 1.89 bits per heavy atom. The first-order chi connectivity index (χ1) is 9.03. The Morgan fingerprint density at radius 1 is 1.21 bits per heavy atom. The zero-order valence-corrected chi connectivity index (χ0v) is 12.9. The van der Waals surface area contributed by atoms with E-state index in [1.807, 2.05) is 0 Å². The van der Waals surface area contributed by atoms with Crippen molar-refractivity contribution in [2.45, 2.75) is 63.5 Å². The molecule has 1 aliphatic carbocycles. The summed E-state index contributed by atoms with van der Waals surface area (Å²) in [6.45, 7) is 3.53. The largest absolute Gasteiger partial charge is 0.329 e. The summed E-state index contributed by atoms with van der Waals surface area (Å²) in [5, 5.41) is 0. The maximum Gasteiger partial charge on any atom is 0.152 e. The van der Waals surface area contributed by atoms with Gasteiger partial charge in [0.2, 0.25) is 0 Å². The molecular formula is C14H28N2O2S. The molecule has 1 saturated heterocycles. The van der Waals surface area contributed by atoms with Gasteiger partial charge in [-0.1, -0.05) is 26.2 Å². The molecule has 2 rings (SSSR count). The highest BCUT2D eigenvalue weighted by atomic mass is 32.2. The normalized spacial score (nSPS) is 32.6. The highest BCUT2D eigenvalue weighted by molar-refractivity contribution is 7.91. The first-order valence-electron chi connectivity index (χ1n) is 7.70. The summed E-state index contributed by atoms with van der Waals surface area (Å²) < 4.78 is 24.1. The second-order valence-electron chi connectivity index (χ2n) is 6.20. The van der Waals surface area contributed by atoms with Crippen molar-refractivity contribution in [1.82, 2.24) is 4.90 Å². The first kappa shape index (κ1) is 15.3. The lowest BCUT2D eigenvalue weighted by Crippen LogP contribution is -2.63. The van der Waals surface area contributed by atoms with Gasteiger partial charge in [0.05, 0.1) is 11.5 Å². The van der Waals surface area contributed by atoms with Crippen LogP contribution in [-0.4, -0.2) is 49.5 Å². The van der Waals surface area contributed by atoms with E-state index in [0.717, 1.165) is 19.4 Å². The molecule has 5 heteroatoms. The van der Waals surface area contributed by atoms with Gasteiger partial charge in [-0.15, -0.1) is 0 Å². The molecule has 0 aromatic rings. The molecule has 4 nitrogen and oxygen atoms in total. The third-order valence-corrected chi connectivity index (χ3v) is 6.82. The van der Waals surface area contributed by atoms with E-state index in [0.29, 0.717) is 18.3 Å². The fraction of sp³-hybridized carbons (Fsp3) is 1.00. The molecule has 0 aromatic carbocycles. The summed E-state index contributed by atoms with van der Waals surface area (Å²) in [5.74, 6) is 0.609. The predicted molar refractivity (Wildman–Crippen MR) is 78.9 cm³/mol. The average molecular weight is 288 g/mol. The van der Waals surface area contributed by atoms with Crippen molar-refractivity contribution in [3.8, 4) is 0 Å². The zero-order valence-electron chi connectivity index (χ0n) is 12.1. The molecule has 0 spiro atoms. The first-order valence-corrected chi connectivity index (χ1v) is 9.52. The Bertz CT molecular complexity index is 390. The molecule has 0 bridgehead atoms. The molecule has 1 atom stereocenters. The second-order valence-corrected chi connectivity index (χ2v) is 8.39. The quantitative estimate of drug-likeness (QED) is 0.852. The highest BCUT2D eigenvalue weighted by Gasteiger charge is 2.44. The number of rotatable bonds is 4. The number of sulfone groups is 1. The van der Waals surface area contributed by atoms with Crippen LogP contribution in [0.4, 0.5) is 0 Å². The van der Waals surface area contributed by atoms with Crippen molar-refractivity contribution in [2.75, 3.05) is 24.6 Å². The van der Waals surface area contributed by atoms with Gasteiger partial charge in [-0.3, -0.25) is 4.90 Å². The van der Waals surface area contributed by atoms with Crippen LogP contribution in [0.2, 0.25) is 0 Å². The molecule has 1 heterocycles. The number of hydrogen-bond donors (Lipinski definition) is 1. The maximum absolute atomic E-state index is 12.0. The molecule has 1 saturated carbocycles. The van der Waals surface area contributed by atoms with Crippen molar-refractivity contribution < 1.29 is 8.42 Å². The summed E-state index contributed by atoms with van der Waals surface area (Å²) in [6.07, 6.45) is 7.98. The molecule has 2 fully saturated rings. The van der Waals surface area contributed by atoms with E-state index in [-0.39, 0.29) is 11.3 Å². The van der Waals surface area contributed by atoms with Crippen LogP contribution in [0.25, 0.3) is 0 Å². The smallest absolute Gasteiger partial charge is 0.152 e. The summed E-state index contributed by atoms with van der Waals surface area (Å²) in [5.41, 5.74) is 5.74. The topological polar surface area (TPSA) is 63.4 Å². The molecule has 2 aliphatic rings. The number of nitrogens with zero attached hydrogens (tertiary/aromatic N) is 1. The number of likely N-dealkylation sites (N-methyl/N-ethyl adjacent to an activating group) is 1. The highest BCUT2D eigenvalue weighted by Crippen LogP contribution is 2.34. The lowest BCUT2D eigenvalue weighted by atomic mass is 9.86. The Balaban J connectivity index is 2.21. The summed E-state index contributed by atoms with van der Waals surface area (Å²) in [6, 6.07) is 0.538. The minimum atomic E-state index is -2.92. The van der Waals surface area contributed by atoms with Crippen LogP contribution >= 0.6 is 0 Å². The molecule has 112 valence electrons. The van der Waals surface area contributed by atoms with Gasteiger partial charge in [-0.05, 0) is 32.2 Å². The van der Waals surface area contributed by atoms with Crippen LogP contribution in [0.5, 0.6) is 0 Å². The Labute approximate surface area is 117 Å². The summed E-state index contributed by atoms with van der Waals surface area (Å²) in [7, 11) is -2.92. The van der Waals surface area contributed by atoms with Crippen molar-refractivity contribution in [1.29, 1.82) is 0 Å². The minimum Gasteiger partial charge on any atom is -0.329 e. The van der Waals surface area contributed by atoms with E-state index >= 15 is 0 Å². The SMILES string of the molecule is CCN(C1CCCCC1)C1(CN)CCCS(=O)(=O)C1. The van der Waals surface area contributed by atoms with Gasteiger partial charge in [-0.25, -0.2) is 8.42 Å². The molecule has 0 aromatic heterocycles. The van der Waals surface area contributed by atoms with Gasteiger partial charge in [0.25, 0.3) is 0 Å². The maximum atomic E-state index is 12.0. The summed E-state index contributed by atoms with van der Waals surface area (Å²) in [4.78, 5) is 2.43. The van der Waals surface area contributed by atoms with Crippen molar-refractivity contribution >= 4 is 9.84 Å². The van der Waals surface area contributed by atoms with Crippen LogP contribution in [0, 0.1) is 0 Å². The van der Waals surface area contributed by atoms with E-state index in [1.54, 1.807) is 0 Å². The van der Waals surface area contributed by atoms with E-state index in [1.165, 1.54) is 32.1 Å². The van der Waals surface area contributed by atoms with Crippen LogP contribution < -0.4 is 5.73 Å². The fourth-order valence-corrected chi connectivity index (χ4v) is 6.03. The number of nitrogens with two attached hydrogens (primary N) is 1. The standard InChI is InChI=1S/C14H28N2O2S/c1-2-16(13-7-4-3-5-8-13)14(11-15)9-6-10-19(17,18)12-14/h13H,2-12,15H2,1H3. The van der Waals surface area contributed by atoms with E-state index in [4.69, 9.17) is 5.73 Å². The molecule has 0 amide bonds. The van der Waals surface area contributed by atoms with Crippen molar-refractivity contribution in [3.63, 3.8) is 0 Å². The Kier molecular flexibility index (Phi) is 4.90. The fourth-order valence-electron chi connectivity index (χ4n) is 4.05. The van der Waals surface area contributed by atoms with Crippen LogP contribution in [0.1, 0.15) is 51.9 Å². The minimum absolute atomic E-state index is 0.265. The Hall–Kier alpha value is -0.130. The molecule has 1 unspecified atom stereocenters. The third-order valence-electron chi connectivity index (χ3n) is 4.93. The van der Waals surface area contributed by atoms with Crippen molar-refractivity contribution in [2.24, 2.45) is 5.73 Å².